The minimum Gasteiger partial charge on any atom is -0.497 e. The zero-order valence-corrected chi connectivity index (χ0v) is 15.5. The van der Waals surface area contributed by atoms with E-state index in [9.17, 15) is 5.11 Å². The van der Waals surface area contributed by atoms with Crippen molar-refractivity contribution in [1.29, 1.82) is 0 Å². The van der Waals surface area contributed by atoms with E-state index in [-0.39, 0.29) is 6.61 Å². The van der Waals surface area contributed by atoms with E-state index in [4.69, 9.17) is 14.0 Å². The lowest BCUT2D eigenvalue weighted by atomic mass is 10.1. The largest absolute Gasteiger partial charge is 0.497 e. The van der Waals surface area contributed by atoms with Gasteiger partial charge >= 0.3 is 0 Å². The number of methoxy groups -OCH3 is 2. The Kier molecular flexibility index (Phi) is 6.46. The van der Waals surface area contributed by atoms with Gasteiger partial charge in [-0.3, -0.25) is 4.90 Å². The van der Waals surface area contributed by atoms with Crippen molar-refractivity contribution >= 4 is 0 Å². The van der Waals surface area contributed by atoms with Crippen molar-refractivity contribution in [2.75, 3.05) is 27.4 Å². The van der Waals surface area contributed by atoms with Crippen LogP contribution in [0.1, 0.15) is 38.0 Å². The molecule has 2 heterocycles. The maximum atomic E-state index is 9.35. The standard InChI is InChI=1S/C19H27N3O4/c1-24-15-7-8-16(17(12-15)25-2)19-20-18(26-21-19)13-22-10-5-3-4-6-14(22)9-11-23/h7-8,12,14,23H,3-6,9-11,13H2,1-2H3. The minimum atomic E-state index is 0.208. The zero-order chi connectivity index (χ0) is 18.4. The van der Waals surface area contributed by atoms with E-state index in [0.717, 1.165) is 31.4 Å². The van der Waals surface area contributed by atoms with Crippen LogP contribution in [0.15, 0.2) is 22.7 Å². The van der Waals surface area contributed by atoms with E-state index in [0.29, 0.717) is 35.8 Å². The predicted octanol–water partition coefficient (Wildman–Crippen LogP) is 2.88. The monoisotopic (exact) mass is 361 g/mol. The fourth-order valence-electron chi connectivity index (χ4n) is 3.51. The van der Waals surface area contributed by atoms with Crippen molar-refractivity contribution in [3.63, 3.8) is 0 Å². The summed E-state index contributed by atoms with van der Waals surface area (Å²) in [5, 5.41) is 13.5. The summed E-state index contributed by atoms with van der Waals surface area (Å²) in [7, 11) is 3.22. The molecule has 2 aromatic rings. The van der Waals surface area contributed by atoms with Crippen LogP contribution in [0.4, 0.5) is 0 Å². The first-order valence-corrected chi connectivity index (χ1v) is 9.15. The molecule has 0 amide bonds. The molecule has 0 radical (unpaired) electrons. The lowest BCUT2D eigenvalue weighted by Gasteiger charge is -2.27. The van der Waals surface area contributed by atoms with Crippen LogP contribution in [-0.4, -0.2) is 53.6 Å². The molecule has 3 rings (SSSR count). The first-order chi connectivity index (χ1) is 12.7. The smallest absolute Gasteiger partial charge is 0.241 e. The number of likely N-dealkylation sites (tertiary alicyclic amines) is 1. The molecule has 1 atom stereocenters. The van der Waals surface area contributed by atoms with E-state index in [2.05, 4.69) is 15.0 Å². The highest BCUT2D eigenvalue weighted by Gasteiger charge is 2.23. The molecule has 1 aromatic carbocycles. The van der Waals surface area contributed by atoms with Crippen molar-refractivity contribution in [2.45, 2.75) is 44.7 Å². The number of nitrogens with zero attached hydrogens (tertiary/aromatic N) is 3. The van der Waals surface area contributed by atoms with Crippen molar-refractivity contribution in [1.82, 2.24) is 15.0 Å². The number of hydrogen-bond acceptors (Lipinski definition) is 7. The third-order valence-electron chi connectivity index (χ3n) is 4.92. The highest BCUT2D eigenvalue weighted by atomic mass is 16.5. The third kappa shape index (κ3) is 4.34. The molecule has 0 aliphatic carbocycles. The summed E-state index contributed by atoms with van der Waals surface area (Å²) in [4.78, 5) is 6.91. The SMILES string of the molecule is COc1ccc(-c2noc(CN3CCCCCC3CCO)n2)c(OC)c1. The Balaban J connectivity index is 1.77. The number of ether oxygens (including phenoxy) is 2. The van der Waals surface area contributed by atoms with Crippen LogP contribution in [0.3, 0.4) is 0 Å². The molecule has 0 saturated carbocycles. The van der Waals surface area contributed by atoms with Gasteiger partial charge in [-0.15, -0.1) is 0 Å². The van der Waals surface area contributed by atoms with Crippen LogP contribution in [0, 0.1) is 0 Å². The Morgan fingerprint density at radius 1 is 1.23 bits per heavy atom. The normalized spacial score (nSPS) is 18.5. The summed E-state index contributed by atoms with van der Waals surface area (Å²) < 4.78 is 16.1. The van der Waals surface area contributed by atoms with Crippen LogP contribution < -0.4 is 9.47 Å². The Bertz CT molecular complexity index is 704. The minimum absolute atomic E-state index is 0.208. The molecule has 1 aliphatic rings. The van der Waals surface area contributed by atoms with Crippen molar-refractivity contribution in [3.05, 3.63) is 24.1 Å². The molecule has 1 unspecified atom stereocenters. The highest BCUT2D eigenvalue weighted by molar-refractivity contribution is 5.65. The molecule has 7 nitrogen and oxygen atoms in total. The zero-order valence-electron chi connectivity index (χ0n) is 15.5. The van der Waals surface area contributed by atoms with Gasteiger partial charge in [-0.1, -0.05) is 18.0 Å². The number of aliphatic hydroxyl groups excluding tert-OH is 1. The average Bonchev–Trinajstić information content (AvgIpc) is 3.02. The lowest BCUT2D eigenvalue weighted by molar-refractivity contribution is 0.137. The molecule has 1 aliphatic heterocycles. The maximum Gasteiger partial charge on any atom is 0.241 e. The van der Waals surface area contributed by atoms with Gasteiger partial charge in [-0.25, -0.2) is 0 Å². The van der Waals surface area contributed by atoms with Gasteiger partial charge in [0, 0.05) is 18.7 Å². The van der Waals surface area contributed by atoms with Gasteiger partial charge in [0.25, 0.3) is 0 Å². The summed E-state index contributed by atoms with van der Waals surface area (Å²) >= 11 is 0. The predicted molar refractivity (Wildman–Crippen MR) is 97.2 cm³/mol. The Labute approximate surface area is 153 Å². The number of hydrogen-bond donors (Lipinski definition) is 1. The molecular weight excluding hydrogens is 334 g/mol. The second kappa shape index (κ2) is 9.00. The van der Waals surface area contributed by atoms with E-state index < -0.39 is 0 Å². The molecule has 1 fully saturated rings. The Hall–Kier alpha value is -2.12. The van der Waals surface area contributed by atoms with Gasteiger partial charge in [-0.2, -0.15) is 4.98 Å². The second-order valence-electron chi connectivity index (χ2n) is 6.56. The Morgan fingerprint density at radius 2 is 2.12 bits per heavy atom. The molecule has 0 bridgehead atoms. The summed E-state index contributed by atoms with van der Waals surface area (Å²) in [6.07, 6.45) is 5.49. The molecule has 1 N–H and O–H groups in total. The summed E-state index contributed by atoms with van der Waals surface area (Å²) in [5.74, 6) is 2.45. The molecule has 7 heteroatoms. The van der Waals surface area contributed by atoms with E-state index >= 15 is 0 Å². The van der Waals surface area contributed by atoms with Gasteiger partial charge in [0.05, 0.1) is 26.3 Å². The lowest BCUT2D eigenvalue weighted by Crippen LogP contribution is -2.35. The molecule has 1 aromatic heterocycles. The molecule has 0 spiro atoms. The van der Waals surface area contributed by atoms with Crippen LogP contribution in [0.2, 0.25) is 0 Å². The molecular formula is C19H27N3O4. The van der Waals surface area contributed by atoms with Crippen LogP contribution in [-0.2, 0) is 6.54 Å². The van der Waals surface area contributed by atoms with Gasteiger partial charge in [0.15, 0.2) is 0 Å². The summed E-state index contributed by atoms with van der Waals surface area (Å²) in [5.41, 5.74) is 0.770. The second-order valence-corrected chi connectivity index (χ2v) is 6.56. The molecule has 142 valence electrons. The van der Waals surface area contributed by atoms with Gasteiger partial charge in [0.2, 0.25) is 11.7 Å². The van der Waals surface area contributed by atoms with Crippen molar-refractivity contribution in [3.8, 4) is 22.9 Å². The highest BCUT2D eigenvalue weighted by Crippen LogP contribution is 2.32. The summed E-state index contributed by atoms with van der Waals surface area (Å²) in [6.45, 7) is 1.81. The average molecular weight is 361 g/mol. The number of benzene rings is 1. The topological polar surface area (TPSA) is 80.9 Å². The van der Waals surface area contributed by atoms with Gasteiger partial charge in [0.1, 0.15) is 11.5 Å². The van der Waals surface area contributed by atoms with Crippen molar-refractivity contribution in [2.24, 2.45) is 0 Å². The van der Waals surface area contributed by atoms with E-state index in [1.54, 1.807) is 20.3 Å². The first-order valence-electron chi connectivity index (χ1n) is 9.15. The summed E-state index contributed by atoms with van der Waals surface area (Å²) in [6, 6.07) is 5.89. The first kappa shape index (κ1) is 18.7. The van der Waals surface area contributed by atoms with E-state index in [1.807, 2.05) is 12.1 Å². The molecule has 26 heavy (non-hydrogen) atoms. The maximum absolute atomic E-state index is 9.35. The number of rotatable bonds is 7. The van der Waals surface area contributed by atoms with Crippen LogP contribution in [0.25, 0.3) is 11.4 Å². The third-order valence-corrected chi connectivity index (χ3v) is 4.92. The fraction of sp³-hybridized carbons (Fsp3) is 0.579. The quantitative estimate of drug-likeness (QED) is 0.812. The van der Waals surface area contributed by atoms with Crippen LogP contribution in [0.5, 0.6) is 11.5 Å². The van der Waals surface area contributed by atoms with Crippen LogP contribution >= 0.6 is 0 Å². The number of aromatic nitrogens is 2. The van der Waals surface area contributed by atoms with Gasteiger partial charge in [-0.05, 0) is 37.9 Å². The van der Waals surface area contributed by atoms with E-state index in [1.165, 1.54) is 12.8 Å². The fourth-order valence-corrected chi connectivity index (χ4v) is 3.51. The van der Waals surface area contributed by atoms with Gasteiger partial charge < -0.3 is 19.1 Å². The number of aliphatic hydroxyl groups is 1. The molecule has 1 saturated heterocycles. The van der Waals surface area contributed by atoms with Crippen molar-refractivity contribution < 1.29 is 19.1 Å². The Morgan fingerprint density at radius 3 is 2.88 bits per heavy atom.